The Kier molecular flexibility index (Phi) is 7.58. The number of pyridine rings is 1. The lowest BCUT2D eigenvalue weighted by molar-refractivity contribution is 0.0254. The largest absolute Gasteiger partial charge is 0.444 e. The zero-order valence-electron chi connectivity index (χ0n) is 15.2. The van der Waals surface area contributed by atoms with Crippen LogP contribution in [0.15, 0.2) is 30.5 Å². The maximum absolute atomic E-state index is 12.4. The molecule has 24 heavy (non-hydrogen) atoms. The summed E-state index contributed by atoms with van der Waals surface area (Å²) in [7, 11) is 3.95. The Balaban J connectivity index is 2.84. The van der Waals surface area contributed by atoms with Crippen LogP contribution in [0.1, 0.15) is 36.8 Å². The van der Waals surface area contributed by atoms with E-state index in [-0.39, 0.29) is 6.54 Å². The van der Waals surface area contributed by atoms with Gasteiger partial charge in [-0.3, -0.25) is 14.7 Å². The zero-order valence-corrected chi connectivity index (χ0v) is 15.2. The van der Waals surface area contributed by atoms with Gasteiger partial charge in [-0.05, 0) is 47.0 Å². The normalized spacial score (nSPS) is 11.8. The van der Waals surface area contributed by atoms with Gasteiger partial charge >= 0.3 is 6.09 Å². The van der Waals surface area contributed by atoms with E-state index < -0.39 is 11.7 Å². The summed E-state index contributed by atoms with van der Waals surface area (Å²) in [5.41, 5.74) is 0.611. The van der Waals surface area contributed by atoms with Crippen molar-refractivity contribution in [1.29, 1.82) is 0 Å². The number of ether oxygens (including phenoxy) is 1. The highest BCUT2D eigenvalue weighted by atomic mass is 16.6. The lowest BCUT2D eigenvalue weighted by atomic mass is 10.2. The van der Waals surface area contributed by atoms with Gasteiger partial charge < -0.3 is 9.64 Å². The maximum Gasteiger partial charge on any atom is 0.410 e. The van der Waals surface area contributed by atoms with Crippen LogP contribution in [0.4, 0.5) is 4.79 Å². The molecule has 6 nitrogen and oxygen atoms in total. The minimum absolute atomic E-state index is 0.281. The predicted molar refractivity (Wildman–Crippen MR) is 94.0 cm³/mol. The highest BCUT2D eigenvalue weighted by molar-refractivity contribution is 5.74. The molecule has 0 aliphatic heterocycles. The Morgan fingerprint density at radius 3 is 2.50 bits per heavy atom. The fourth-order valence-corrected chi connectivity index (χ4v) is 1.87. The molecule has 0 bridgehead atoms. The summed E-state index contributed by atoms with van der Waals surface area (Å²) >= 11 is 0. The van der Waals surface area contributed by atoms with Crippen molar-refractivity contribution in [3.8, 4) is 0 Å². The molecule has 0 aliphatic carbocycles. The third-order valence-corrected chi connectivity index (χ3v) is 2.94. The van der Waals surface area contributed by atoms with Crippen LogP contribution in [0.25, 0.3) is 0 Å². The number of hydrogen-bond donors (Lipinski definition) is 0. The first-order valence-corrected chi connectivity index (χ1v) is 7.89. The molecule has 6 heteroatoms. The van der Waals surface area contributed by atoms with E-state index in [4.69, 9.17) is 4.74 Å². The minimum Gasteiger partial charge on any atom is -0.444 e. The third kappa shape index (κ3) is 7.87. The van der Waals surface area contributed by atoms with Gasteiger partial charge in [0.1, 0.15) is 11.9 Å². The van der Waals surface area contributed by atoms with Gasteiger partial charge in [-0.2, -0.15) is 0 Å². The second-order valence-corrected chi connectivity index (χ2v) is 6.79. The molecule has 0 saturated heterocycles. The number of rotatable bonds is 7. The first-order chi connectivity index (χ1) is 11.2. The number of carbonyl (C=O) groups excluding carboxylic acids is 2. The average Bonchev–Trinajstić information content (AvgIpc) is 2.48. The molecule has 1 aromatic rings. The summed E-state index contributed by atoms with van der Waals surface area (Å²) in [5, 5.41) is 0. The van der Waals surface area contributed by atoms with Crippen molar-refractivity contribution in [1.82, 2.24) is 14.8 Å². The molecule has 1 heterocycles. The molecule has 0 aromatic carbocycles. The molecule has 0 spiro atoms. The Bertz CT molecular complexity index is 577. The summed E-state index contributed by atoms with van der Waals surface area (Å²) < 4.78 is 5.45. The topological polar surface area (TPSA) is 62.7 Å². The van der Waals surface area contributed by atoms with Crippen LogP contribution in [0.2, 0.25) is 0 Å². The van der Waals surface area contributed by atoms with Gasteiger partial charge in [-0.1, -0.05) is 12.2 Å². The molecule has 0 saturated carbocycles. The van der Waals surface area contributed by atoms with Gasteiger partial charge in [0.15, 0.2) is 0 Å². The fourth-order valence-electron chi connectivity index (χ4n) is 1.87. The van der Waals surface area contributed by atoms with Crippen LogP contribution in [-0.2, 0) is 11.3 Å². The second kappa shape index (κ2) is 9.17. The monoisotopic (exact) mass is 333 g/mol. The van der Waals surface area contributed by atoms with Gasteiger partial charge in [0.25, 0.3) is 0 Å². The van der Waals surface area contributed by atoms with Crippen molar-refractivity contribution in [2.24, 2.45) is 0 Å². The molecular formula is C18H27N3O3. The van der Waals surface area contributed by atoms with Gasteiger partial charge in [0.05, 0.1) is 12.2 Å². The molecule has 0 atom stereocenters. The Morgan fingerprint density at radius 1 is 1.25 bits per heavy atom. The first-order valence-electron chi connectivity index (χ1n) is 7.89. The number of amides is 1. The number of aldehydes is 1. The summed E-state index contributed by atoms with van der Waals surface area (Å²) in [4.78, 5) is 31.1. The highest BCUT2D eigenvalue weighted by Crippen LogP contribution is 2.12. The number of aromatic nitrogens is 1. The highest BCUT2D eigenvalue weighted by Gasteiger charge is 2.22. The molecule has 1 rings (SSSR count). The molecule has 0 aliphatic rings. The Labute approximate surface area is 144 Å². The van der Waals surface area contributed by atoms with Crippen molar-refractivity contribution in [3.05, 3.63) is 41.7 Å². The average molecular weight is 333 g/mol. The number of likely N-dealkylation sites (N-methyl/N-ethyl adjacent to an activating group) is 1. The van der Waals surface area contributed by atoms with Crippen molar-refractivity contribution in [3.63, 3.8) is 0 Å². The maximum atomic E-state index is 12.4. The van der Waals surface area contributed by atoms with Crippen molar-refractivity contribution in [2.75, 3.05) is 27.2 Å². The summed E-state index contributed by atoms with van der Waals surface area (Å²) in [6.45, 7) is 6.97. The quantitative estimate of drug-likeness (QED) is 0.567. The third-order valence-electron chi connectivity index (χ3n) is 2.94. The fraction of sp³-hybridized carbons (Fsp3) is 0.500. The standard InChI is InChI=1S/C18H27N3O3/c1-18(2,3)24-17(23)21(11-7-6-10-20(4)5)13-16-12-15(14-22)8-9-19-16/h6-9,12,14H,10-11,13H2,1-5H3/b7-6+. The lowest BCUT2D eigenvalue weighted by Crippen LogP contribution is -2.36. The number of carbonyl (C=O) groups is 2. The molecular weight excluding hydrogens is 306 g/mol. The molecule has 132 valence electrons. The van der Waals surface area contributed by atoms with E-state index in [1.807, 2.05) is 51.9 Å². The van der Waals surface area contributed by atoms with Gasteiger partial charge in [-0.25, -0.2) is 4.79 Å². The molecule has 0 fully saturated rings. The van der Waals surface area contributed by atoms with Crippen molar-refractivity contribution >= 4 is 12.4 Å². The van der Waals surface area contributed by atoms with E-state index in [1.54, 1.807) is 23.2 Å². The van der Waals surface area contributed by atoms with E-state index in [0.29, 0.717) is 17.8 Å². The van der Waals surface area contributed by atoms with Crippen LogP contribution in [-0.4, -0.2) is 59.9 Å². The van der Waals surface area contributed by atoms with Gasteiger partial charge in [0.2, 0.25) is 0 Å². The second-order valence-electron chi connectivity index (χ2n) is 6.79. The van der Waals surface area contributed by atoms with Crippen LogP contribution in [0, 0.1) is 0 Å². The molecule has 0 unspecified atom stereocenters. The molecule has 1 amide bonds. The Morgan fingerprint density at radius 2 is 1.92 bits per heavy atom. The molecule has 0 N–H and O–H groups in total. The van der Waals surface area contributed by atoms with Crippen LogP contribution >= 0.6 is 0 Å². The molecule has 0 radical (unpaired) electrons. The van der Waals surface area contributed by atoms with E-state index in [0.717, 1.165) is 12.8 Å². The SMILES string of the molecule is CN(C)C/C=C/CN(Cc1cc(C=O)ccn1)C(=O)OC(C)(C)C. The summed E-state index contributed by atoms with van der Waals surface area (Å²) in [5.74, 6) is 0. The van der Waals surface area contributed by atoms with E-state index >= 15 is 0 Å². The summed E-state index contributed by atoms with van der Waals surface area (Å²) in [6, 6.07) is 3.30. The summed E-state index contributed by atoms with van der Waals surface area (Å²) in [6.07, 6.45) is 5.84. The van der Waals surface area contributed by atoms with E-state index in [1.165, 1.54) is 0 Å². The van der Waals surface area contributed by atoms with Crippen LogP contribution < -0.4 is 0 Å². The Hall–Kier alpha value is -2.21. The van der Waals surface area contributed by atoms with E-state index in [2.05, 4.69) is 4.98 Å². The van der Waals surface area contributed by atoms with Gasteiger partial charge in [0, 0.05) is 24.8 Å². The van der Waals surface area contributed by atoms with Crippen molar-refractivity contribution in [2.45, 2.75) is 32.9 Å². The molecule has 1 aromatic heterocycles. The van der Waals surface area contributed by atoms with Crippen LogP contribution in [0.3, 0.4) is 0 Å². The minimum atomic E-state index is -0.569. The van der Waals surface area contributed by atoms with E-state index in [9.17, 15) is 9.59 Å². The number of nitrogens with zero attached hydrogens (tertiary/aromatic N) is 3. The zero-order chi connectivity index (χ0) is 18.2. The van der Waals surface area contributed by atoms with Crippen LogP contribution in [0.5, 0.6) is 0 Å². The van der Waals surface area contributed by atoms with Gasteiger partial charge in [-0.15, -0.1) is 0 Å². The van der Waals surface area contributed by atoms with Crippen molar-refractivity contribution < 1.29 is 14.3 Å². The lowest BCUT2D eigenvalue weighted by Gasteiger charge is -2.26. The number of hydrogen-bond acceptors (Lipinski definition) is 5. The predicted octanol–water partition coefficient (Wildman–Crippen LogP) is 2.75. The first kappa shape index (κ1) is 19.8. The smallest absolute Gasteiger partial charge is 0.410 e.